The van der Waals surface area contributed by atoms with Gasteiger partial charge in [0, 0.05) is 30.7 Å². The van der Waals surface area contributed by atoms with E-state index in [1.807, 2.05) is 74.5 Å². The summed E-state index contributed by atoms with van der Waals surface area (Å²) in [6, 6.07) is 21.0. The van der Waals surface area contributed by atoms with Crippen molar-refractivity contribution >= 4 is 34.6 Å². The van der Waals surface area contributed by atoms with Crippen molar-refractivity contribution in [3.8, 4) is 6.07 Å². The summed E-state index contributed by atoms with van der Waals surface area (Å²) in [5.41, 5.74) is 1.08. The molecule has 2 aliphatic rings. The number of rotatable bonds is 13. The lowest BCUT2D eigenvalue weighted by molar-refractivity contribution is -0.131. The second-order valence-corrected chi connectivity index (χ2v) is 14.4. The maximum absolute atomic E-state index is 14.1. The number of nitriles is 1. The van der Waals surface area contributed by atoms with Gasteiger partial charge in [-0.25, -0.2) is 13.6 Å². The van der Waals surface area contributed by atoms with Crippen LogP contribution < -0.4 is 21.3 Å². The summed E-state index contributed by atoms with van der Waals surface area (Å²) >= 11 is 0. The number of hydrogen-bond donors (Lipinski definition) is 4. The van der Waals surface area contributed by atoms with Crippen LogP contribution in [0.4, 0.5) is 13.6 Å². The topological polar surface area (TPSA) is 149 Å². The van der Waals surface area contributed by atoms with Gasteiger partial charge in [-0.15, -0.1) is 0 Å². The molecule has 3 aromatic rings. The van der Waals surface area contributed by atoms with Gasteiger partial charge in [0.2, 0.25) is 23.6 Å². The van der Waals surface area contributed by atoms with Crippen LogP contribution in [0.2, 0.25) is 0 Å². The molecule has 1 aliphatic heterocycles. The van der Waals surface area contributed by atoms with E-state index in [0.29, 0.717) is 6.42 Å². The van der Waals surface area contributed by atoms with Crippen molar-refractivity contribution in [2.24, 2.45) is 11.8 Å². The Kier molecular flexibility index (Phi) is 11.9. The average Bonchev–Trinajstić information content (AvgIpc) is 3.37. The van der Waals surface area contributed by atoms with Crippen LogP contribution in [0.5, 0.6) is 0 Å². The first-order chi connectivity index (χ1) is 24.3. The van der Waals surface area contributed by atoms with Gasteiger partial charge in [-0.05, 0) is 73.8 Å². The number of carbonyl (C=O) groups is 4. The normalized spacial score (nSPS) is 19.9. The van der Waals surface area contributed by atoms with E-state index in [9.17, 15) is 33.2 Å². The van der Waals surface area contributed by atoms with Gasteiger partial charge in [-0.3, -0.25) is 14.4 Å². The highest BCUT2D eigenvalue weighted by Gasteiger charge is 2.40. The molecular weight excluding hydrogens is 656 g/mol. The lowest BCUT2D eigenvalue weighted by atomic mass is 9.82. The minimum absolute atomic E-state index is 0.0294. The van der Waals surface area contributed by atoms with Gasteiger partial charge in [0.25, 0.3) is 0 Å². The third-order valence-corrected chi connectivity index (χ3v) is 9.75. The SMILES string of the molecule is CC1(C)C[C@@H](C[C@@H](C#N)NC(=O)C(CC2CCC(F)(F)CC2)NC(=O)[C@H](Cc2cccc3ccccc23)NC(=O)OCc2ccccc2)C(=O)N1. The Hall–Kier alpha value is -5.05. The summed E-state index contributed by atoms with van der Waals surface area (Å²) in [6.45, 7) is 3.73. The van der Waals surface area contributed by atoms with E-state index in [4.69, 9.17) is 4.74 Å². The van der Waals surface area contributed by atoms with Gasteiger partial charge < -0.3 is 26.0 Å². The number of nitrogens with zero attached hydrogens (tertiary/aromatic N) is 1. The second kappa shape index (κ2) is 16.3. The van der Waals surface area contributed by atoms with Crippen LogP contribution in [-0.2, 0) is 32.1 Å². The minimum Gasteiger partial charge on any atom is -0.445 e. The van der Waals surface area contributed by atoms with Gasteiger partial charge >= 0.3 is 6.09 Å². The van der Waals surface area contributed by atoms with Crippen LogP contribution in [0.3, 0.4) is 0 Å². The highest BCUT2D eigenvalue weighted by molar-refractivity contribution is 5.93. The maximum atomic E-state index is 14.1. The summed E-state index contributed by atoms with van der Waals surface area (Å²) in [4.78, 5) is 53.6. The number of ether oxygens (including phenoxy) is 1. The highest BCUT2D eigenvalue weighted by Crippen LogP contribution is 2.38. The summed E-state index contributed by atoms with van der Waals surface area (Å²) in [5.74, 6) is -5.11. The van der Waals surface area contributed by atoms with Gasteiger partial charge in [0.1, 0.15) is 24.7 Å². The van der Waals surface area contributed by atoms with Crippen molar-refractivity contribution in [1.29, 1.82) is 5.26 Å². The summed E-state index contributed by atoms with van der Waals surface area (Å²) in [7, 11) is 0. The Morgan fingerprint density at radius 3 is 2.25 bits per heavy atom. The molecule has 5 rings (SSSR count). The van der Waals surface area contributed by atoms with E-state index in [2.05, 4.69) is 27.3 Å². The van der Waals surface area contributed by atoms with Crippen LogP contribution in [0.15, 0.2) is 72.8 Å². The first-order valence-corrected chi connectivity index (χ1v) is 17.4. The van der Waals surface area contributed by atoms with Gasteiger partial charge in [0.05, 0.1) is 6.07 Å². The molecule has 1 heterocycles. The molecule has 1 saturated heterocycles. The predicted octanol–water partition coefficient (Wildman–Crippen LogP) is 5.69. The Labute approximate surface area is 296 Å². The Morgan fingerprint density at radius 2 is 1.57 bits per heavy atom. The predicted molar refractivity (Wildman–Crippen MR) is 187 cm³/mol. The Bertz CT molecular complexity index is 1750. The van der Waals surface area contributed by atoms with E-state index < -0.39 is 53.4 Å². The van der Waals surface area contributed by atoms with Gasteiger partial charge in [0.15, 0.2) is 0 Å². The van der Waals surface area contributed by atoms with Crippen LogP contribution in [0, 0.1) is 23.2 Å². The number of nitrogens with one attached hydrogen (secondary N) is 4. The van der Waals surface area contributed by atoms with E-state index >= 15 is 0 Å². The summed E-state index contributed by atoms with van der Waals surface area (Å²) in [6.07, 6.45) is -0.489. The monoisotopic (exact) mass is 701 g/mol. The molecule has 3 aromatic carbocycles. The fourth-order valence-electron chi connectivity index (χ4n) is 7.07. The molecule has 270 valence electrons. The zero-order valence-corrected chi connectivity index (χ0v) is 28.9. The molecule has 0 bridgehead atoms. The average molecular weight is 702 g/mol. The number of fused-ring (bicyclic) bond motifs is 1. The molecule has 4 N–H and O–H groups in total. The first kappa shape index (κ1) is 37.2. The Morgan fingerprint density at radius 1 is 0.902 bits per heavy atom. The van der Waals surface area contributed by atoms with Gasteiger partial charge in [-0.1, -0.05) is 72.8 Å². The highest BCUT2D eigenvalue weighted by atomic mass is 19.3. The van der Waals surface area contributed by atoms with Crippen molar-refractivity contribution in [2.75, 3.05) is 0 Å². The standard InChI is InChI=1S/C39H45F2N5O5/c1-38(2)22-29(34(47)46-38)20-30(23-42)43-35(48)32(19-25-15-17-39(40,41)18-16-25)44-36(49)33(45-37(50)51-24-26-9-4-3-5-10-26)21-28-13-8-12-27-11-6-7-14-31(27)28/h3-14,25,29-30,32-33H,15-22,24H2,1-2H3,(H,43,48)(H,44,49)(H,45,50)(H,46,47)/t29-,30+,32?,33+/m1/s1. The molecule has 51 heavy (non-hydrogen) atoms. The van der Waals surface area contributed by atoms with Crippen molar-refractivity contribution in [2.45, 2.75) is 101 Å². The molecule has 0 spiro atoms. The molecule has 0 radical (unpaired) electrons. The number of amides is 4. The summed E-state index contributed by atoms with van der Waals surface area (Å²) < 4.78 is 33.5. The molecule has 1 aliphatic carbocycles. The lowest BCUT2D eigenvalue weighted by Gasteiger charge is -2.31. The molecule has 4 amide bonds. The van der Waals surface area contributed by atoms with Crippen LogP contribution in [-0.4, -0.2) is 53.4 Å². The van der Waals surface area contributed by atoms with Crippen LogP contribution in [0.1, 0.15) is 69.9 Å². The zero-order valence-electron chi connectivity index (χ0n) is 28.9. The molecule has 10 nitrogen and oxygen atoms in total. The quantitative estimate of drug-likeness (QED) is 0.180. The van der Waals surface area contributed by atoms with Crippen molar-refractivity contribution < 1.29 is 32.7 Å². The molecule has 1 saturated carbocycles. The van der Waals surface area contributed by atoms with E-state index in [0.717, 1.165) is 21.9 Å². The van der Waals surface area contributed by atoms with Crippen molar-refractivity contribution in [3.05, 3.63) is 83.9 Å². The maximum Gasteiger partial charge on any atom is 0.408 e. The number of alkyl halides is 2. The third kappa shape index (κ3) is 10.5. The number of carbonyl (C=O) groups excluding carboxylic acids is 4. The fourth-order valence-corrected chi connectivity index (χ4v) is 7.07. The minimum atomic E-state index is -2.79. The van der Waals surface area contributed by atoms with Crippen LogP contribution in [0.25, 0.3) is 10.8 Å². The van der Waals surface area contributed by atoms with E-state index in [-0.39, 0.29) is 63.4 Å². The van der Waals surface area contributed by atoms with Crippen molar-refractivity contribution in [3.63, 3.8) is 0 Å². The second-order valence-electron chi connectivity index (χ2n) is 14.4. The molecular formula is C39H45F2N5O5. The molecule has 0 aromatic heterocycles. The first-order valence-electron chi connectivity index (χ1n) is 17.4. The third-order valence-electron chi connectivity index (χ3n) is 9.75. The number of hydrogen-bond acceptors (Lipinski definition) is 6. The summed E-state index contributed by atoms with van der Waals surface area (Å²) in [5, 5.41) is 22.8. The smallest absolute Gasteiger partial charge is 0.408 e. The van der Waals surface area contributed by atoms with Gasteiger partial charge in [-0.2, -0.15) is 5.26 Å². The largest absolute Gasteiger partial charge is 0.445 e. The molecule has 1 unspecified atom stereocenters. The van der Waals surface area contributed by atoms with Crippen LogP contribution >= 0.6 is 0 Å². The van der Waals surface area contributed by atoms with Crippen molar-refractivity contribution in [1.82, 2.24) is 21.3 Å². The lowest BCUT2D eigenvalue weighted by Crippen LogP contribution is -2.56. The van der Waals surface area contributed by atoms with E-state index in [1.54, 1.807) is 12.1 Å². The number of alkyl carbamates (subject to hydrolysis) is 1. The Balaban J connectivity index is 1.35. The molecule has 2 fully saturated rings. The van der Waals surface area contributed by atoms with E-state index in [1.165, 1.54) is 0 Å². The number of halogens is 2. The molecule has 4 atom stereocenters. The zero-order chi connectivity index (χ0) is 36.6. The number of benzene rings is 3. The fraction of sp³-hybridized carbons (Fsp3) is 0.462. The molecule has 12 heteroatoms.